The van der Waals surface area contributed by atoms with Crippen LogP contribution in [-0.2, 0) is 6.54 Å². The lowest BCUT2D eigenvalue weighted by Gasteiger charge is -2.05. The predicted octanol–water partition coefficient (Wildman–Crippen LogP) is 2.46. The Morgan fingerprint density at radius 1 is 1.21 bits per heavy atom. The van der Waals surface area contributed by atoms with Crippen molar-refractivity contribution in [3.8, 4) is 6.07 Å². The number of anilines is 1. The van der Waals surface area contributed by atoms with Crippen molar-refractivity contribution in [1.29, 1.82) is 5.26 Å². The Hall–Kier alpha value is -4.53. The van der Waals surface area contributed by atoms with E-state index in [9.17, 15) is 25.0 Å². The number of furan rings is 1. The molecule has 0 aliphatic heterocycles. The summed E-state index contributed by atoms with van der Waals surface area (Å²) in [6.45, 7) is 0.0715. The molecule has 1 amide bonds. The summed E-state index contributed by atoms with van der Waals surface area (Å²) in [6.07, 6.45) is 2.31. The van der Waals surface area contributed by atoms with Crippen molar-refractivity contribution in [3.63, 3.8) is 0 Å². The molecule has 0 radical (unpaired) electrons. The van der Waals surface area contributed by atoms with Crippen molar-refractivity contribution in [2.24, 2.45) is 0 Å². The lowest BCUT2D eigenvalue weighted by atomic mass is 10.1. The fraction of sp³-hybridized carbons (Fsp3) is 0.0625. The Kier molecular flexibility index (Phi) is 4.81. The number of rotatable bonds is 6. The molecule has 0 fully saturated rings. The largest absolute Gasteiger partial charge is 0.454 e. The van der Waals surface area contributed by atoms with Crippen molar-refractivity contribution in [1.82, 2.24) is 9.78 Å². The van der Waals surface area contributed by atoms with Crippen LogP contribution >= 0.6 is 0 Å². The molecule has 0 saturated carbocycles. The Morgan fingerprint density at radius 2 is 1.96 bits per heavy atom. The van der Waals surface area contributed by atoms with Gasteiger partial charge in [0.05, 0.1) is 27.6 Å². The van der Waals surface area contributed by atoms with E-state index in [0.717, 1.165) is 18.3 Å². The number of amides is 1. The Morgan fingerprint density at radius 3 is 2.61 bits per heavy atom. The van der Waals surface area contributed by atoms with Gasteiger partial charge in [0.25, 0.3) is 11.6 Å². The first-order chi connectivity index (χ1) is 13.4. The Bertz CT molecular complexity index is 1120. The maximum absolute atomic E-state index is 12.3. The molecule has 28 heavy (non-hydrogen) atoms. The number of aromatic nitrogens is 2. The van der Waals surface area contributed by atoms with Crippen molar-refractivity contribution in [2.75, 3.05) is 5.32 Å². The van der Waals surface area contributed by atoms with E-state index in [1.165, 1.54) is 29.1 Å². The number of benzene rings is 1. The maximum atomic E-state index is 12.3. The highest BCUT2D eigenvalue weighted by Crippen LogP contribution is 2.22. The van der Waals surface area contributed by atoms with Crippen LogP contribution in [0.5, 0.6) is 0 Å². The molecule has 3 aromatic rings. The minimum Gasteiger partial charge on any atom is -0.454 e. The third-order valence-corrected chi connectivity index (χ3v) is 3.62. The fourth-order valence-electron chi connectivity index (χ4n) is 2.31. The topological polar surface area (TPSA) is 170 Å². The summed E-state index contributed by atoms with van der Waals surface area (Å²) in [5, 5.41) is 36.8. The predicted molar refractivity (Wildman–Crippen MR) is 92.5 cm³/mol. The minimum atomic E-state index is -0.664. The van der Waals surface area contributed by atoms with Crippen LogP contribution in [0.3, 0.4) is 0 Å². The van der Waals surface area contributed by atoms with Gasteiger partial charge in [-0.05, 0) is 18.2 Å². The average molecular weight is 382 g/mol. The smallest absolute Gasteiger partial charge is 0.307 e. The summed E-state index contributed by atoms with van der Waals surface area (Å²) in [7, 11) is 0. The summed E-state index contributed by atoms with van der Waals surface area (Å²) in [6, 6.07) is 8.13. The summed E-state index contributed by atoms with van der Waals surface area (Å²) in [4.78, 5) is 32.5. The molecule has 12 nitrogen and oxygen atoms in total. The van der Waals surface area contributed by atoms with Crippen molar-refractivity contribution in [3.05, 3.63) is 80.0 Å². The molecular weight excluding hydrogens is 372 g/mol. The first-order valence-corrected chi connectivity index (χ1v) is 7.63. The number of nitrogens with zero attached hydrogens (tertiary/aromatic N) is 5. The van der Waals surface area contributed by atoms with Gasteiger partial charge in [0.1, 0.15) is 24.2 Å². The molecule has 0 saturated heterocycles. The van der Waals surface area contributed by atoms with E-state index < -0.39 is 15.8 Å². The van der Waals surface area contributed by atoms with Crippen molar-refractivity contribution in [2.45, 2.75) is 6.54 Å². The van der Waals surface area contributed by atoms with Gasteiger partial charge in [-0.15, -0.1) is 0 Å². The average Bonchev–Trinajstić information content (AvgIpc) is 3.32. The number of carbonyl (C=O) groups excluding carboxylic acids is 1. The number of hydrogen-bond donors (Lipinski definition) is 1. The standard InChI is InChI=1S/C16H10N6O6/c17-6-10-5-11(21(24)25)1-3-14(10)19-16(23)15-4-2-13(28-15)9-20-8-12(7-18-20)22(26)27/h1-5,7-8H,9H2,(H,19,23). The molecule has 2 aromatic heterocycles. The second kappa shape index (κ2) is 7.38. The first-order valence-electron chi connectivity index (χ1n) is 7.63. The van der Waals surface area contributed by atoms with Gasteiger partial charge in [-0.3, -0.25) is 29.7 Å². The van der Waals surface area contributed by atoms with Crippen LogP contribution < -0.4 is 5.32 Å². The van der Waals surface area contributed by atoms with Gasteiger partial charge in [0.15, 0.2) is 5.76 Å². The molecule has 12 heteroatoms. The number of non-ortho nitro benzene ring substituents is 1. The molecule has 0 bridgehead atoms. The number of nitrogens with one attached hydrogen (secondary N) is 1. The lowest BCUT2D eigenvalue weighted by molar-refractivity contribution is -0.385. The molecule has 0 aliphatic carbocycles. The molecule has 2 heterocycles. The second-order valence-electron chi connectivity index (χ2n) is 5.47. The van der Waals surface area contributed by atoms with Crippen LogP contribution in [-0.4, -0.2) is 25.5 Å². The van der Waals surface area contributed by atoms with Gasteiger partial charge in [0.2, 0.25) is 0 Å². The summed E-state index contributed by atoms with van der Waals surface area (Å²) < 4.78 is 6.67. The van der Waals surface area contributed by atoms with E-state index in [4.69, 9.17) is 9.68 Å². The molecule has 0 unspecified atom stereocenters. The van der Waals surface area contributed by atoms with Gasteiger partial charge < -0.3 is 9.73 Å². The van der Waals surface area contributed by atoms with E-state index >= 15 is 0 Å². The zero-order valence-corrected chi connectivity index (χ0v) is 13.9. The van der Waals surface area contributed by atoms with Crippen LogP contribution in [0.1, 0.15) is 21.9 Å². The van der Waals surface area contributed by atoms with Crippen LogP contribution in [0.2, 0.25) is 0 Å². The van der Waals surface area contributed by atoms with E-state index in [0.29, 0.717) is 5.76 Å². The third-order valence-electron chi connectivity index (χ3n) is 3.62. The van der Waals surface area contributed by atoms with Gasteiger partial charge in [-0.25, -0.2) is 0 Å². The normalized spacial score (nSPS) is 10.2. The molecular formula is C16H10N6O6. The SMILES string of the molecule is N#Cc1cc([N+](=O)[O-])ccc1NC(=O)c1ccc(Cn2cc([N+](=O)[O-])cn2)o1. The van der Waals surface area contributed by atoms with E-state index in [2.05, 4.69) is 10.4 Å². The van der Waals surface area contributed by atoms with Gasteiger partial charge in [-0.2, -0.15) is 10.4 Å². The van der Waals surface area contributed by atoms with E-state index in [-0.39, 0.29) is 34.9 Å². The summed E-state index contributed by atoms with van der Waals surface area (Å²) >= 11 is 0. The zero-order chi connectivity index (χ0) is 20.3. The van der Waals surface area contributed by atoms with Gasteiger partial charge in [-0.1, -0.05) is 0 Å². The highest BCUT2D eigenvalue weighted by Gasteiger charge is 2.17. The molecule has 1 aromatic carbocycles. The van der Waals surface area contributed by atoms with E-state index in [1.807, 2.05) is 0 Å². The third kappa shape index (κ3) is 3.83. The van der Waals surface area contributed by atoms with Crippen molar-refractivity contribution >= 4 is 23.0 Å². The second-order valence-corrected chi connectivity index (χ2v) is 5.47. The molecule has 140 valence electrons. The monoisotopic (exact) mass is 382 g/mol. The fourth-order valence-corrected chi connectivity index (χ4v) is 2.31. The molecule has 0 aliphatic rings. The number of nitriles is 1. The van der Waals surface area contributed by atoms with Crippen LogP contribution in [0.15, 0.2) is 47.1 Å². The van der Waals surface area contributed by atoms with Gasteiger partial charge in [0, 0.05) is 12.1 Å². The molecule has 0 spiro atoms. The number of nitro groups is 2. The Balaban J connectivity index is 1.73. The molecule has 0 atom stereocenters. The summed E-state index contributed by atoms with van der Waals surface area (Å²) in [5.41, 5.74) is -0.424. The first kappa shape index (κ1) is 18.3. The maximum Gasteiger partial charge on any atom is 0.307 e. The number of nitro benzene ring substituents is 1. The van der Waals surface area contributed by atoms with Crippen LogP contribution in [0, 0.1) is 31.6 Å². The zero-order valence-electron chi connectivity index (χ0n) is 13.9. The van der Waals surface area contributed by atoms with Gasteiger partial charge >= 0.3 is 5.69 Å². The van der Waals surface area contributed by atoms with E-state index in [1.54, 1.807) is 6.07 Å². The quantitative estimate of drug-likeness (QED) is 0.500. The highest BCUT2D eigenvalue weighted by atomic mass is 16.6. The number of hydrogen-bond acceptors (Lipinski definition) is 8. The molecule has 1 N–H and O–H groups in total. The Labute approximate surface area is 155 Å². The molecule has 3 rings (SSSR count). The highest BCUT2D eigenvalue weighted by molar-refractivity contribution is 6.03. The van der Waals surface area contributed by atoms with Crippen molar-refractivity contribution < 1.29 is 19.1 Å². The minimum absolute atomic E-state index is 0.0705. The van der Waals surface area contributed by atoms with Crippen LogP contribution in [0.4, 0.5) is 17.1 Å². The lowest BCUT2D eigenvalue weighted by Crippen LogP contribution is -2.12. The summed E-state index contributed by atoms with van der Waals surface area (Å²) in [5.74, 6) is -0.408. The van der Waals surface area contributed by atoms with Crippen LogP contribution in [0.25, 0.3) is 0 Å². The number of carbonyl (C=O) groups is 1.